The largest absolute Gasteiger partial charge is 0.616 e. The highest BCUT2D eigenvalue weighted by molar-refractivity contribution is 6.58. The Morgan fingerprint density at radius 3 is 1.88 bits per heavy atom. The molecule has 0 aromatic heterocycles. The fourth-order valence-corrected chi connectivity index (χ4v) is 1.13. The van der Waals surface area contributed by atoms with E-state index >= 15 is 0 Å². The summed E-state index contributed by atoms with van der Waals surface area (Å²) in [6.45, 7) is 1.76. The first-order valence-electron chi connectivity index (χ1n) is 2.63. The molecule has 50 valence electrons. The van der Waals surface area contributed by atoms with E-state index in [0.29, 0.717) is 12.8 Å². The summed E-state index contributed by atoms with van der Waals surface area (Å²) in [5.41, 5.74) is 0. The molecule has 0 amide bonds. The lowest BCUT2D eigenvalue weighted by atomic mass is 10.4. The Morgan fingerprint density at radius 1 is 1.25 bits per heavy atom. The minimum absolute atomic E-state index is 0.315. The molecule has 0 aliphatic heterocycles. The molecule has 8 heavy (non-hydrogen) atoms. The van der Waals surface area contributed by atoms with Gasteiger partial charge in [-0.1, -0.05) is 13.3 Å². The van der Waals surface area contributed by atoms with Crippen molar-refractivity contribution in [2.45, 2.75) is 25.8 Å². The predicted molar refractivity (Wildman–Crippen MR) is 28.8 cm³/mol. The van der Waals surface area contributed by atoms with E-state index in [1.165, 1.54) is 0 Å². The van der Waals surface area contributed by atoms with Gasteiger partial charge < -0.3 is 0 Å². The number of hydrogen-bond donors (Lipinski definition) is 0. The van der Waals surface area contributed by atoms with Gasteiger partial charge in [0.15, 0.2) is 0 Å². The average molecular weight is 142 g/mol. The highest BCUT2D eigenvalue weighted by atomic mass is 28.5. The van der Waals surface area contributed by atoms with E-state index in [1.54, 1.807) is 6.92 Å². The minimum atomic E-state index is -5.18. The fraction of sp³-hybridized carbons (Fsp3) is 1.00. The molecule has 0 spiro atoms. The molecule has 0 unspecified atom stereocenters. The van der Waals surface area contributed by atoms with Crippen LogP contribution < -0.4 is 0 Å². The molecule has 0 nitrogen and oxygen atoms in total. The summed E-state index contributed by atoms with van der Waals surface area (Å²) in [7, 11) is -5.18. The zero-order chi connectivity index (χ0) is 6.62. The van der Waals surface area contributed by atoms with Gasteiger partial charge in [-0.25, -0.2) is 12.3 Å². The van der Waals surface area contributed by atoms with Crippen LogP contribution in [-0.4, -0.2) is 9.08 Å². The third-order valence-electron chi connectivity index (χ3n) is 0.814. The maximum absolute atomic E-state index is 11.4. The minimum Gasteiger partial charge on any atom is -0.238 e. The molecule has 0 saturated carbocycles. The Hall–Kier alpha value is 0.00688. The second-order valence-electron chi connectivity index (χ2n) is 1.72. The van der Waals surface area contributed by atoms with E-state index in [1.807, 2.05) is 0 Å². The second kappa shape index (κ2) is 3.12. The van der Waals surface area contributed by atoms with Gasteiger partial charge in [0.1, 0.15) is 0 Å². The van der Waals surface area contributed by atoms with Gasteiger partial charge in [-0.15, -0.1) is 0 Å². The van der Waals surface area contributed by atoms with Crippen molar-refractivity contribution in [1.82, 2.24) is 0 Å². The first kappa shape index (κ1) is 8.01. The lowest BCUT2D eigenvalue weighted by molar-refractivity contribution is 0.463. The first-order valence-corrected chi connectivity index (χ1v) is 4.47. The van der Waals surface area contributed by atoms with E-state index in [2.05, 4.69) is 0 Å². The van der Waals surface area contributed by atoms with Crippen LogP contribution >= 0.6 is 0 Å². The van der Waals surface area contributed by atoms with Crippen molar-refractivity contribution in [1.29, 1.82) is 0 Å². The summed E-state index contributed by atoms with van der Waals surface area (Å²) in [5, 5.41) is 0. The lowest BCUT2D eigenvalue weighted by Gasteiger charge is -1.97. The number of halogens is 3. The van der Waals surface area contributed by atoms with Gasteiger partial charge in [-0.05, 0) is 6.42 Å². The SMILES string of the molecule is CCCC[Si](F)(F)F. The Morgan fingerprint density at radius 2 is 1.75 bits per heavy atom. The lowest BCUT2D eigenvalue weighted by Crippen LogP contribution is -2.13. The molecule has 0 heterocycles. The Balaban J connectivity index is 3.11. The highest BCUT2D eigenvalue weighted by Gasteiger charge is 2.34. The fourth-order valence-electron chi connectivity index (χ4n) is 0.377. The van der Waals surface area contributed by atoms with Gasteiger partial charge in [0.25, 0.3) is 0 Å². The molecule has 4 heteroatoms. The van der Waals surface area contributed by atoms with Crippen LogP contribution in [0.3, 0.4) is 0 Å². The summed E-state index contributed by atoms with van der Waals surface area (Å²) in [6.07, 6.45) is 0.961. The molecule has 0 bridgehead atoms. The van der Waals surface area contributed by atoms with Gasteiger partial charge in [-0.3, -0.25) is 0 Å². The van der Waals surface area contributed by atoms with Gasteiger partial charge in [0, 0.05) is 6.04 Å². The van der Waals surface area contributed by atoms with Crippen LogP contribution in [0.25, 0.3) is 0 Å². The Bertz CT molecular complexity index is 58.8. The maximum atomic E-state index is 11.4. The molecule has 0 aliphatic rings. The zero-order valence-corrected chi connectivity index (χ0v) is 5.76. The standard InChI is InChI=1S/C4H9F3Si/c1-2-3-4-8(5,6)7/h2-4H2,1H3. The zero-order valence-electron chi connectivity index (χ0n) is 4.76. The third kappa shape index (κ3) is 6.01. The molecular weight excluding hydrogens is 133 g/mol. The van der Waals surface area contributed by atoms with Crippen molar-refractivity contribution in [2.24, 2.45) is 0 Å². The summed E-state index contributed by atoms with van der Waals surface area (Å²) in [6, 6.07) is -0.497. The van der Waals surface area contributed by atoms with E-state index in [0.717, 1.165) is 0 Å². The van der Waals surface area contributed by atoms with Crippen molar-refractivity contribution in [3.63, 3.8) is 0 Å². The summed E-state index contributed by atoms with van der Waals surface area (Å²) in [5.74, 6) is 0. The van der Waals surface area contributed by atoms with E-state index in [4.69, 9.17) is 0 Å². The van der Waals surface area contributed by atoms with Crippen LogP contribution in [0.4, 0.5) is 12.3 Å². The molecular formula is C4H9F3Si. The maximum Gasteiger partial charge on any atom is 0.616 e. The van der Waals surface area contributed by atoms with Crippen molar-refractivity contribution in [3.05, 3.63) is 0 Å². The van der Waals surface area contributed by atoms with Crippen LogP contribution in [0.15, 0.2) is 0 Å². The number of unbranched alkanes of at least 4 members (excludes halogenated alkanes) is 1. The molecule has 0 fully saturated rings. The van der Waals surface area contributed by atoms with E-state index in [-0.39, 0.29) is 0 Å². The predicted octanol–water partition coefficient (Wildman–Crippen LogP) is 2.63. The van der Waals surface area contributed by atoms with Gasteiger partial charge in [-0.2, -0.15) is 0 Å². The van der Waals surface area contributed by atoms with Crippen molar-refractivity contribution in [3.8, 4) is 0 Å². The van der Waals surface area contributed by atoms with Crippen LogP contribution in [-0.2, 0) is 0 Å². The molecule has 0 atom stereocenters. The molecule has 0 saturated heterocycles. The van der Waals surface area contributed by atoms with Crippen LogP contribution in [0.5, 0.6) is 0 Å². The first-order chi connectivity index (χ1) is 3.56. The van der Waals surface area contributed by atoms with Gasteiger partial charge in [0.2, 0.25) is 0 Å². The normalized spacial score (nSPS) is 12.0. The molecule has 0 rings (SSSR count). The molecule has 0 radical (unpaired) electrons. The van der Waals surface area contributed by atoms with Crippen molar-refractivity contribution >= 4 is 9.08 Å². The highest BCUT2D eigenvalue weighted by Crippen LogP contribution is 2.17. The van der Waals surface area contributed by atoms with E-state index < -0.39 is 15.1 Å². The van der Waals surface area contributed by atoms with Crippen LogP contribution in [0.2, 0.25) is 6.04 Å². The summed E-state index contributed by atoms with van der Waals surface area (Å²) in [4.78, 5) is 0. The van der Waals surface area contributed by atoms with Crippen LogP contribution in [0.1, 0.15) is 19.8 Å². The van der Waals surface area contributed by atoms with Crippen molar-refractivity contribution in [2.75, 3.05) is 0 Å². The number of rotatable bonds is 3. The quantitative estimate of drug-likeness (QED) is 0.419. The smallest absolute Gasteiger partial charge is 0.238 e. The van der Waals surface area contributed by atoms with Crippen LogP contribution in [0, 0.1) is 0 Å². The average Bonchev–Trinajstić information content (AvgIpc) is 1.59. The molecule has 0 N–H and O–H groups in total. The van der Waals surface area contributed by atoms with Gasteiger partial charge in [0.05, 0.1) is 0 Å². The van der Waals surface area contributed by atoms with Crippen molar-refractivity contribution < 1.29 is 12.3 Å². The third-order valence-corrected chi connectivity index (χ3v) is 1.73. The molecule has 0 aromatic carbocycles. The molecule has 0 aromatic rings. The Kier molecular flexibility index (Phi) is 3.12. The molecule has 0 aliphatic carbocycles. The number of hydrogen-bond acceptors (Lipinski definition) is 0. The van der Waals surface area contributed by atoms with E-state index in [9.17, 15) is 12.3 Å². The van der Waals surface area contributed by atoms with Gasteiger partial charge >= 0.3 is 9.08 Å². The Labute approximate surface area is 48.2 Å². The summed E-state index contributed by atoms with van der Waals surface area (Å²) >= 11 is 0. The topological polar surface area (TPSA) is 0 Å². The summed E-state index contributed by atoms with van der Waals surface area (Å²) < 4.78 is 34.1. The monoisotopic (exact) mass is 142 g/mol. The second-order valence-corrected chi connectivity index (χ2v) is 3.45.